The number of nitrogens with zero attached hydrogens (tertiary/aromatic N) is 1. The van der Waals surface area contributed by atoms with E-state index in [-0.39, 0.29) is 4.75 Å². The van der Waals surface area contributed by atoms with Crippen LogP contribution in [0.1, 0.15) is 19.5 Å². The summed E-state index contributed by atoms with van der Waals surface area (Å²) in [4.78, 5) is 0. The Balaban J connectivity index is 2.72. The molecular formula is C10H11NOS. The Hall–Kier alpha value is -0.960. The van der Waals surface area contributed by atoms with Crippen molar-refractivity contribution in [2.24, 2.45) is 0 Å². The molecule has 1 aromatic carbocycles. The highest BCUT2D eigenvalue weighted by atomic mass is 32.1. The van der Waals surface area contributed by atoms with Crippen LogP contribution in [0.25, 0.3) is 11.0 Å². The van der Waals surface area contributed by atoms with Crippen LogP contribution in [0.2, 0.25) is 0 Å². The van der Waals surface area contributed by atoms with E-state index in [1.807, 2.05) is 38.1 Å². The molecule has 0 saturated carbocycles. The molecule has 2 nitrogen and oxygen atoms in total. The number of hydrogen-bond donors (Lipinski definition) is 1. The maximum Gasteiger partial charge on any atom is 0.167 e. The summed E-state index contributed by atoms with van der Waals surface area (Å²) >= 11 is 4.46. The van der Waals surface area contributed by atoms with Crippen LogP contribution in [-0.4, -0.2) is 5.16 Å². The minimum absolute atomic E-state index is 0.257. The largest absolute Gasteiger partial charge is 0.356 e. The van der Waals surface area contributed by atoms with E-state index in [9.17, 15) is 0 Å². The van der Waals surface area contributed by atoms with Crippen LogP contribution in [0.3, 0.4) is 0 Å². The molecule has 68 valence electrons. The van der Waals surface area contributed by atoms with Crippen molar-refractivity contribution in [3.8, 4) is 0 Å². The normalized spacial score (nSPS) is 12.2. The van der Waals surface area contributed by atoms with Gasteiger partial charge in [0.25, 0.3) is 0 Å². The second kappa shape index (κ2) is 2.77. The van der Waals surface area contributed by atoms with Crippen LogP contribution < -0.4 is 0 Å². The SMILES string of the molecule is CC(C)(S)c1noc2ccccc12. The third-order valence-corrected chi connectivity index (χ3v) is 2.17. The molecule has 0 radical (unpaired) electrons. The second-order valence-electron chi connectivity index (χ2n) is 3.59. The average Bonchev–Trinajstić information content (AvgIpc) is 2.45. The van der Waals surface area contributed by atoms with Crippen molar-refractivity contribution in [1.82, 2.24) is 5.16 Å². The molecule has 0 amide bonds. The Morgan fingerprint density at radius 1 is 1.31 bits per heavy atom. The number of thiol groups is 1. The summed E-state index contributed by atoms with van der Waals surface area (Å²) in [5.41, 5.74) is 1.71. The standard InChI is InChI=1S/C10H11NOS/c1-10(2,13)9-7-5-3-4-6-8(7)12-11-9/h3-6,13H,1-2H3. The Bertz CT molecular complexity index is 428. The summed E-state index contributed by atoms with van der Waals surface area (Å²) in [6.45, 7) is 4.00. The van der Waals surface area contributed by atoms with E-state index >= 15 is 0 Å². The number of hydrogen-bond acceptors (Lipinski definition) is 3. The van der Waals surface area contributed by atoms with Gasteiger partial charge in [0.1, 0.15) is 5.69 Å². The monoisotopic (exact) mass is 193 g/mol. The molecule has 0 bridgehead atoms. The first-order chi connectivity index (χ1) is 6.09. The van der Waals surface area contributed by atoms with E-state index in [0.29, 0.717) is 0 Å². The zero-order chi connectivity index (χ0) is 9.47. The first-order valence-corrected chi connectivity index (χ1v) is 4.61. The molecule has 0 aliphatic heterocycles. The minimum Gasteiger partial charge on any atom is -0.356 e. The summed E-state index contributed by atoms with van der Waals surface area (Å²) in [7, 11) is 0. The topological polar surface area (TPSA) is 26.0 Å². The molecule has 0 unspecified atom stereocenters. The first kappa shape index (κ1) is 8.63. The van der Waals surface area contributed by atoms with E-state index in [0.717, 1.165) is 16.7 Å². The van der Waals surface area contributed by atoms with Gasteiger partial charge in [-0.05, 0) is 26.0 Å². The van der Waals surface area contributed by atoms with E-state index in [2.05, 4.69) is 17.8 Å². The maximum absolute atomic E-state index is 5.18. The quantitative estimate of drug-likeness (QED) is 0.704. The van der Waals surface area contributed by atoms with E-state index in [1.165, 1.54) is 0 Å². The van der Waals surface area contributed by atoms with Crippen molar-refractivity contribution in [1.29, 1.82) is 0 Å². The number of benzene rings is 1. The molecule has 0 aliphatic rings. The molecule has 3 heteroatoms. The predicted octanol–water partition coefficient (Wildman–Crippen LogP) is 2.99. The average molecular weight is 193 g/mol. The van der Waals surface area contributed by atoms with Gasteiger partial charge in [-0.15, -0.1) is 0 Å². The molecule has 0 N–H and O–H groups in total. The molecule has 1 aromatic heterocycles. The summed E-state index contributed by atoms with van der Waals surface area (Å²) in [5, 5.41) is 5.06. The number of fused-ring (bicyclic) bond motifs is 1. The van der Waals surface area contributed by atoms with E-state index < -0.39 is 0 Å². The molecule has 0 fully saturated rings. The lowest BCUT2D eigenvalue weighted by Gasteiger charge is -2.12. The van der Waals surface area contributed by atoms with E-state index in [4.69, 9.17) is 4.52 Å². The van der Waals surface area contributed by atoms with Gasteiger partial charge in [0.15, 0.2) is 5.58 Å². The minimum atomic E-state index is -0.257. The predicted molar refractivity (Wildman–Crippen MR) is 56.0 cm³/mol. The lowest BCUT2D eigenvalue weighted by atomic mass is 10.1. The number of aromatic nitrogens is 1. The maximum atomic E-state index is 5.18. The highest BCUT2D eigenvalue weighted by Gasteiger charge is 2.22. The first-order valence-electron chi connectivity index (χ1n) is 4.16. The number of para-hydroxylation sites is 1. The molecule has 2 aromatic rings. The van der Waals surface area contributed by atoms with Gasteiger partial charge in [-0.3, -0.25) is 0 Å². The van der Waals surface area contributed by atoms with Gasteiger partial charge < -0.3 is 4.52 Å². The second-order valence-corrected chi connectivity index (χ2v) is 4.70. The number of rotatable bonds is 1. The van der Waals surface area contributed by atoms with Crippen molar-refractivity contribution in [2.45, 2.75) is 18.6 Å². The van der Waals surface area contributed by atoms with Crippen molar-refractivity contribution >= 4 is 23.6 Å². The van der Waals surface area contributed by atoms with Gasteiger partial charge in [-0.2, -0.15) is 12.6 Å². The fraction of sp³-hybridized carbons (Fsp3) is 0.300. The highest BCUT2D eigenvalue weighted by Crippen LogP contribution is 2.31. The van der Waals surface area contributed by atoms with E-state index in [1.54, 1.807) is 0 Å². The zero-order valence-electron chi connectivity index (χ0n) is 7.61. The smallest absolute Gasteiger partial charge is 0.167 e. The van der Waals surface area contributed by atoms with Gasteiger partial charge >= 0.3 is 0 Å². The Morgan fingerprint density at radius 2 is 2.00 bits per heavy atom. The molecule has 2 rings (SSSR count). The van der Waals surface area contributed by atoms with Crippen molar-refractivity contribution in [3.05, 3.63) is 30.0 Å². The van der Waals surface area contributed by atoms with Crippen molar-refractivity contribution in [2.75, 3.05) is 0 Å². The molecule has 1 heterocycles. The zero-order valence-corrected chi connectivity index (χ0v) is 8.51. The molecule has 0 atom stereocenters. The van der Waals surface area contributed by atoms with Crippen LogP contribution in [0.15, 0.2) is 28.8 Å². The van der Waals surface area contributed by atoms with Crippen LogP contribution in [-0.2, 0) is 4.75 Å². The fourth-order valence-corrected chi connectivity index (χ4v) is 1.49. The van der Waals surface area contributed by atoms with Crippen LogP contribution in [0, 0.1) is 0 Å². The molecule has 0 aliphatic carbocycles. The van der Waals surface area contributed by atoms with Crippen LogP contribution in [0.4, 0.5) is 0 Å². The van der Waals surface area contributed by atoms with Gasteiger partial charge in [0.2, 0.25) is 0 Å². The lowest BCUT2D eigenvalue weighted by molar-refractivity contribution is 0.438. The highest BCUT2D eigenvalue weighted by molar-refractivity contribution is 7.81. The van der Waals surface area contributed by atoms with Crippen LogP contribution >= 0.6 is 12.6 Å². The summed E-state index contributed by atoms with van der Waals surface area (Å²) in [5.74, 6) is 0. The molecule has 0 saturated heterocycles. The van der Waals surface area contributed by atoms with Gasteiger partial charge in [-0.1, -0.05) is 17.3 Å². The van der Waals surface area contributed by atoms with Gasteiger partial charge in [0.05, 0.1) is 4.75 Å². The Morgan fingerprint density at radius 3 is 2.69 bits per heavy atom. The summed E-state index contributed by atoms with van der Waals surface area (Å²) in [6.07, 6.45) is 0. The van der Waals surface area contributed by atoms with Crippen molar-refractivity contribution < 1.29 is 4.52 Å². The molecular weight excluding hydrogens is 182 g/mol. The Labute approximate surface area is 82.3 Å². The lowest BCUT2D eigenvalue weighted by Crippen LogP contribution is -2.08. The summed E-state index contributed by atoms with van der Waals surface area (Å²) < 4.78 is 4.92. The van der Waals surface area contributed by atoms with Crippen molar-refractivity contribution in [3.63, 3.8) is 0 Å². The molecule has 13 heavy (non-hydrogen) atoms. The fourth-order valence-electron chi connectivity index (χ4n) is 1.33. The van der Waals surface area contributed by atoms with Gasteiger partial charge in [0, 0.05) is 5.39 Å². The third kappa shape index (κ3) is 1.44. The Kier molecular flexibility index (Phi) is 1.84. The van der Waals surface area contributed by atoms with Gasteiger partial charge in [-0.25, -0.2) is 0 Å². The van der Waals surface area contributed by atoms with Crippen LogP contribution in [0.5, 0.6) is 0 Å². The molecule has 0 spiro atoms. The third-order valence-electron chi connectivity index (χ3n) is 1.96. The summed E-state index contributed by atoms with van der Waals surface area (Å²) in [6, 6.07) is 7.82.